The Morgan fingerprint density at radius 1 is 1.25 bits per heavy atom. The summed E-state index contributed by atoms with van der Waals surface area (Å²) in [5.74, 6) is 0.193. The molecule has 16 heavy (non-hydrogen) atoms. The van der Waals surface area contributed by atoms with Crippen molar-refractivity contribution in [2.24, 2.45) is 0 Å². The summed E-state index contributed by atoms with van der Waals surface area (Å²) in [4.78, 5) is 18.6. The Labute approximate surface area is 97.1 Å². The molecule has 0 unspecified atom stereocenters. The van der Waals surface area contributed by atoms with E-state index in [1.54, 1.807) is 30.6 Å². The summed E-state index contributed by atoms with van der Waals surface area (Å²) < 4.78 is 0. The van der Waals surface area contributed by atoms with E-state index in [0.29, 0.717) is 21.7 Å². The van der Waals surface area contributed by atoms with Gasteiger partial charge in [0.25, 0.3) is 0 Å². The van der Waals surface area contributed by atoms with Crippen molar-refractivity contribution in [1.29, 1.82) is 0 Å². The predicted octanol–water partition coefficient (Wildman–Crippen LogP) is 2.19. The molecule has 0 radical (unpaired) electrons. The van der Waals surface area contributed by atoms with Gasteiger partial charge in [-0.05, 0) is 23.8 Å². The molecule has 0 fully saturated rings. The van der Waals surface area contributed by atoms with Gasteiger partial charge in [0.15, 0.2) is 6.29 Å². The predicted molar refractivity (Wildman–Crippen MR) is 62.3 cm³/mol. The second-order valence-electron chi connectivity index (χ2n) is 3.18. The lowest BCUT2D eigenvalue weighted by molar-refractivity contribution is 0.112. The number of anilines is 1. The van der Waals surface area contributed by atoms with Gasteiger partial charge in [-0.25, -0.2) is 9.97 Å². The van der Waals surface area contributed by atoms with Crippen LogP contribution in [0.25, 0.3) is 11.1 Å². The van der Waals surface area contributed by atoms with Crippen molar-refractivity contribution in [3.05, 3.63) is 41.2 Å². The molecule has 5 heteroatoms. The maximum absolute atomic E-state index is 10.9. The highest BCUT2D eigenvalue weighted by molar-refractivity contribution is 6.31. The average molecular weight is 234 g/mol. The third kappa shape index (κ3) is 2.01. The number of hydrogen-bond donors (Lipinski definition) is 1. The first-order chi connectivity index (χ1) is 7.70. The minimum Gasteiger partial charge on any atom is -0.368 e. The molecule has 0 saturated carbocycles. The van der Waals surface area contributed by atoms with E-state index < -0.39 is 0 Å². The van der Waals surface area contributed by atoms with Crippen molar-refractivity contribution in [3.63, 3.8) is 0 Å². The summed E-state index contributed by atoms with van der Waals surface area (Å²) in [5.41, 5.74) is 7.33. The Bertz CT molecular complexity index is 525. The number of rotatable bonds is 2. The van der Waals surface area contributed by atoms with E-state index in [2.05, 4.69) is 9.97 Å². The third-order valence-corrected chi connectivity index (χ3v) is 2.36. The lowest BCUT2D eigenvalue weighted by Crippen LogP contribution is -1.95. The van der Waals surface area contributed by atoms with Crippen LogP contribution in [0.4, 0.5) is 5.95 Å². The van der Waals surface area contributed by atoms with Gasteiger partial charge in [0.05, 0.1) is 0 Å². The lowest BCUT2D eigenvalue weighted by Gasteiger charge is -2.04. The van der Waals surface area contributed by atoms with Gasteiger partial charge >= 0.3 is 0 Å². The fraction of sp³-hybridized carbons (Fsp3) is 0. The van der Waals surface area contributed by atoms with Crippen molar-refractivity contribution in [2.75, 3.05) is 5.73 Å². The summed E-state index contributed by atoms with van der Waals surface area (Å²) in [6.45, 7) is 0. The Hall–Kier alpha value is -1.94. The molecule has 1 heterocycles. The Balaban J connectivity index is 2.57. The highest BCUT2D eigenvalue weighted by atomic mass is 35.5. The summed E-state index contributed by atoms with van der Waals surface area (Å²) in [6, 6.07) is 5.01. The maximum Gasteiger partial charge on any atom is 0.219 e. The monoisotopic (exact) mass is 233 g/mol. The van der Waals surface area contributed by atoms with Crippen LogP contribution in [0.15, 0.2) is 30.6 Å². The van der Waals surface area contributed by atoms with Gasteiger partial charge in [0.1, 0.15) is 0 Å². The van der Waals surface area contributed by atoms with E-state index in [4.69, 9.17) is 17.3 Å². The summed E-state index contributed by atoms with van der Waals surface area (Å²) >= 11 is 5.87. The average Bonchev–Trinajstić information content (AvgIpc) is 2.30. The van der Waals surface area contributed by atoms with Gasteiger partial charge in [-0.2, -0.15) is 0 Å². The molecule has 0 bridgehead atoms. The Kier molecular flexibility index (Phi) is 2.83. The quantitative estimate of drug-likeness (QED) is 0.808. The fourth-order valence-electron chi connectivity index (χ4n) is 1.36. The second kappa shape index (κ2) is 4.28. The molecule has 4 nitrogen and oxygen atoms in total. The van der Waals surface area contributed by atoms with Crippen molar-refractivity contribution in [1.82, 2.24) is 9.97 Å². The molecule has 0 aliphatic rings. The molecule has 2 rings (SSSR count). The Morgan fingerprint density at radius 2 is 1.94 bits per heavy atom. The number of hydrogen-bond acceptors (Lipinski definition) is 4. The number of nitrogen functional groups attached to an aromatic ring is 1. The first-order valence-electron chi connectivity index (χ1n) is 4.53. The zero-order valence-electron chi connectivity index (χ0n) is 8.22. The molecule has 2 N–H and O–H groups in total. The second-order valence-corrected chi connectivity index (χ2v) is 3.62. The smallest absolute Gasteiger partial charge is 0.219 e. The minimum atomic E-state index is 0.193. The number of nitrogens with zero attached hydrogens (tertiary/aromatic N) is 2. The van der Waals surface area contributed by atoms with Crippen LogP contribution >= 0.6 is 11.6 Å². The molecular weight excluding hydrogens is 226 g/mol. The fourth-order valence-corrected chi connectivity index (χ4v) is 1.53. The van der Waals surface area contributed by atoms with Crippen molar-refractivity contribution in [2.45, 2.75) is 0 Å². The molecule has 0 aliphatic carbocycles. The number of nitrogens with two attached hydrogens (primary N) is 1. The first kappa shape index (κ1) is 10.6. The highest BCUT2D eigenvalue weighted by Gasteiger charge is 2.06. The van der Waals surface area contributed by atoms with Crippen molar-refractivity contribution >= 4 is 23.8 Å². The molecule has 1 aromatic carbocycles. The van der Waals surface area contributed by atoms with Crippen LogP contribution in [0.2, 0.25) is 5.02 Å². The van der Waals surface area contributed by atoms with Crippen LogP contribution in [0.1, 0.15) is 10.4 Å². The van der Waals surface area contributed by atoms with Gasteiger partial charge in [0, 0.05) is 28.5 Å². The van der Waals surface area contributed by atoms with Gasteiger partial charge < -0.3 is 5.73 Å². The van der Waals surface area contributed by atoms with E-state index in [-0.39, 0.29) is 5.95 Å². The zero-order chi connectivity index (χ0) is 11.5. The van der Waals surface area contributed by atoms with Crippen LogP contribution in [-0.4, -0.2) is 16.3 Å². The molecule has 0 aliphatic heterocycles. The molecule has 1 aromatic heterocycles. The van der Waals surface area contributed by atoms with E-state index in [1.807, 2.05) is 0 Å². The van der Waals surface area contributed by atoms with Gasteiger partial charge in [0.2, 0.25) is 5.95 Å². The topological polar surface area (TPSA) is 68.9 Å². The van der Waals surface area contributed by atoms with Crippen LogP contribution < -0.4 is 5.73 Å². The number of carbonyl (C=O) groups excluding carboxylic acids is 1. The Morgan fingerprint density at radius 3 is 2.56 bits per heavy atom. The number of halogens is 1. The molecule has 80 valence electrons. The molecule has 0 spiro atoms. The van der Waals surface area contributed by atoms with Gasteiger partial charge in [-0.15, -0.1) is 0 Å². The normalized spacial score (nSPS) is 10.1. The maximum atomic E-state index is 10.9. The third-order valence-electron chi connectivity index (χ3n) is 2.13. The SMILES string of the molecule is Nc1ncc(-c2cc(Cl)ccc2C=O)cn1. The molecule has 0 saturated heterocycles. The van der Waals surface area contributed by atoms with Gasteiger partial charge in [-0.1, -0.05) is 11.6 Å². The van der Waals surface area contributed by atoms with E-state index in [0.717, 1.165) is 6.29 Å². The number of aromatic nitrogens is 2. The minimum absolute atomic E-state index is 0.193. The number of benzene rings is 1. The molecule has 0 amide bonds. The molecule has 2 aromatic rings. The molecular formula is C11H8ClN3O. The number of aldehydes is 1. The zero-order valence-corrected chi connectivity index (χ0v) is 8.98. The van der Waals surface area contributed by atoms with Crippen LogP contribution in [0.3, 0.4) is 0 Å². The van der Waals surface area contributed by atoms with Crippen molar-refractivity contribution < 1.29 is 4.79 Å². The highest BCUT2D eigenvalue weighted by Crippen LogP contribution is 2.25. The summed E-state index contributed by atoms with van der Waals surface area (Å²) in [7, 11) is 0. The first-order valence-corrected chi connectivity index (χ1v) is 4.91. The summed E-state index contributed by atoms with van der Waals surface area (Å²) in [6.07, 6.45) is 3.88. The van der Waals surface area contributed by atoms with E-state index in [1.165, 1.54) is 0 Å². The summed E-state index contributed by atoms with van der Waals surface area (Å²) in [5, 5.41) is 0.553. The largest absolute Gasteiger partial charge is 0.368 e. The van der Waals surface area contributed by atoms with Gasteiger partial charge in [-0.3, -0.25) is 4.79 Å². The van der Waals surface area contributed by atoms with Crippen LogP contribution in [0.5, 0.6) is 0 Å². The van der Waals surface area contributed by atoms with Crippen molar-refractivity contribution in [3.8, 4) is 11.1 Å². The lowest BCUT2D eigenvalue weighted by atomic mass is 10.0. The van der Waals surface area contributed by atoms with E-state index >= 15 is 0 Å². The molecule has 0 atom stereocenters. The van der Waals surface area contributed by atoms with Crippen LogP contribution in [-0.2, 0) is 0 Å². The standard InChI is InChI=1S/C11H8ClN3O/c12-9-2-1-7(6-16)10(3-9)8-4-14-11(13)15-5-8/h1-6H,(H2,13,14,15). The van der Waals surface area contributed by atoms with E-state index in [9.17, 15) is 4.79 Å². The number of carbonyl (C=O) groups is 1. The van der Waals surface area contributed by atoms with Crippen LogP contribution in [0, 0.1) is 0 Å².